The molecular formula is C26H25N3O4. The lowest BCUT2D eigenvalue weighted by Gasteiger charge is -2.40. The third-order valence-electron chi connectivity index (χ3n) is 6.86. The third-order valence-corrected chi connectivity index (χ3v) is 6.86. The number of carbonyl (C=O) groups excluding carboxylic acids is 4. The standard InChI is InChI=1S/C26H25N3O4/c1-4-15(3)28-23(30)17-11-13-19-22-20(14-12-18(21(17)22)24(28)31)26(33)29(25(19)32)27(5-2)16-9-7-6-8-10-16/h6-9,11-16H,4-5,10H2,1-3H3. The van der Waals surface area contributed by atoms with E-state index < -0.39 is 11.8 Å². The maximum Gasteiger partial charge on any atom is 0.276 e. The van der Waals surface area contributed by atoms with Gasteiger partial charge in [0, 0.05) is 34.5 Å². The van der Waals surface area contributed by atoms with Crippen molar-refractivity contribution >= 4 is 34.4 Å². The summed E-state index contributed by atoms with van der Waals surface area (Å²) in [5.41, 5.74) is 1.37. The molecule has 2 atom stereocenters. The number of hydrazine groups is 1. The van der Waals surface area contributed by atoms with Crippen molar-refractivity contribution in [1.29, 1.82) is 0 Å². The zero-order valence-corrected chi connectivity index (χ0v) is 18.9. The van der Waals surface area contributed by atoms with Gasteiger partial charge in [-0.15, -0.1) is 0 Å². The van der Waals surface area contributed by atoms with Crippen molar-refractivity contribution in [2.45, 2.75) is 45.7 Å². The second-order valence-electron chi connectivity index (χ2n) is 8.60. The minimum atomic E-state index is -0.440. The van der Waals surface area contributed by atoms with Crippen LogP contribution in [0.4, 0.5) is 0 Å². The fraction of sp³-hybridized carbons (Fsp3) is 0.308. The Bertz CT molecular complexity index is 1220. The SMILES string of the molecule is CCC(C)N1C(=O)c2ccc3c4c(ccc(c24)C1=O)C(=O)N(N(CC)C1C=CC=CC1)C3=O. The van der Waals surface area contributed by atoms with Crippen LogP contribution in [-0.2, 0) is 0 Å². The molecule has 168 valence electrons. The van der Waals surface area contributed by atoms with E-state index in [0.29, 0.717) is 52.4 Å². The summed E-state index contributed by atoms with van der Waals surface area (Å²) in [4.78, 5) is 55.0. The molecule has 3 aliphatic rings. The molecule has 1 aliphatic carbocycles. The summed E-state index contributed by atoms with van der Waals surface area (Å²) in [5, 5.41) is 3.79. The first-order chi connectivity index (χ1) is 15.9. The van der Waals surface area contributed by atoms with E-state index in [1.54, 1.807) is 29.3 Å². The normalized spacial score (nSPS) is 20.4. The monoisotopic (exact) mass is 443 g/mol. The van der Waals surface area contributed by atoms with E-state index in [4.69, 9.17) is 0 Å². The molecule has 0 spiro atoms. The molecule has 33 heavy (non-hydrogen) atoms. The van der Waals surface area contributed by atoms with Gasteiger partial charge < -0.3 is 0 Å². The Morgan fingerprint density at radius 2 is 1.36 bits per heavy atom. The molecule has 2 aromatic rings. The van der Waals surface area contributed by atoms with E-state index in [-0.39, 0.29) is 23.9 Å². The molecule has 0 fully saturated rings. The minimum Gasteiger partial charge on any atom is -0.272 e. The summed E-state index contributed by atoms with van der Waals surface area (Å²) in [6, 6.07) is 6.07. The molecule has 2 unspecified atom stereocenters. The molecule has 5 rings (SSSR count). The molecule has 7 nitrogen and oxygen atoms in total. The van der Waals surface area contributed by atoms with Crippen molar-refractivity contribution < 1.29 is 19.2 Å². The van der Waals surface area contributed by atoms with Crippen LogP contribution in [0.25, 0.3) is 10.8 Å². The summed E-state index contributed by atoms with van der Waals surface area (Å²) in [6.45, 7) is 6.13. The largest absolute Gasteiger partial charge is 0.276 e. The predicted octanol–water partition coefficient (Wildman–Crippen LogP) is 3.95. The summed E-state index contributed by atoms with van der Waals surface area (Å²) in [7, 11) is 0. The van der Waals surface area contributed by atoms with E-state index in [2.05, 4.69) is 0 Å². The predicted molar refractivity (Wildman–Crippen MR) is 124 cm³/mol. The van der Waals surface area contributed by atoms with E-state index in [1.165, 1.54) is 9.91 Å². The number of rotatable bonds is 5. The zero-order chi connectivity index (χ0) is 23.4. The van der Waals surface area contributed by atoms with Gasteiger partial charge >= 0.3 is 0 Å². The van der Waals surface area contributed by atoms with Gasteiger partial charge in [0.1, 0.15) is 0 Å². The van der Waals surface area contributed by atoms with Gasteiger partial charge in [-0.25, -0.2) is 10.0 Å². The van der Waals surface area contributed by atoms with E-state index in [0.717, 1.165) is 0 Å². The molecule has 0 radical (unpaired) electrons. The molecule has 2 aromatic carbocycles. The summed E-state index contributed by atoms with van der Waals surface area (Å²) in [6.07, 6.45) is 9.16. The van der Waals surface area contributed by atoms with E-state index >= 15 is 0 Å². The fourth-order valence-corrected chi connectivity index (χ4v) is 5.01. The van der Waals surface area contributed by atoms with Crippen LogP contribution in [0.15, 0.2) is 48.6 Å². The molecule has 2 aliphatic heterocycles. The highest BCUT2D eigenvalue weighted by atomic mass is 16.2. The smallest absolute Gasteiger partial charge is 0.272 e. The number of carbonyl (C=O) groups is 4. The molecule has 7 heteroatoms. The average Bonchev–Trinajstić information content (AvgIpc) is 2.84. The van der Waals surface area contributed by atoms with Crippen LogP contribution in [-0.4, -0.2) is 57.2 Å². The third kappa shape index (κ3) is 2.92. The van der Waals surface area contributed by atoms with Gasteiger partial charge in [0.2, 0.25) is 0 Å². The van der Waals surface area contributed by atoms with Crippen molar-refractivity contribution in [3.05, 3.63) is 70.8 Å². The fourth-order valence-electron chi connectivity index (χ4n) is 5.01. The Morgan fingerprint density at radius 3 is 1.79 bits per heavy atom. The number of hydrogen-bond donors (Lipinski definition) is 0. The van der Waals surface area contributed by atoms with Crippen LogP contribution in [0.3, 0.4) is 0 Å². The number of nitrogens with zero attached hydrogens (tertiary/aromatic N) is 3. The van der Waals surface area contributed by atoms with E-state index in [1.807, 2.05) is 45.1 Å². The van der Waals surface area contributed by atoms with Crippen LogP contribution in [0.5, 0.6) is 0 Å². The van der Waals surface area contributed by atoms with Crippen molar-refractivity contribution in [3.63, 3.8) is 0 Å². The van der Waals surface area contributed by atoms with Gasteiger partial charge in [-0.1, -0.05) is 38.2 Å². The van der Waals surface area contributed by atoms with Gasteiger partial charge in [0.05, 0.1) is 17.2 Å². The highest BCUT2D eigenvalue weighted by molar-refractivity contribution is 6.33. The number of benzene rings is 2. The molecule has 0 bridgehead atoms. The number of allylic oxidation sites excluding steroid dienone is 2. The van der Waals surface area contributed by atoms with E-state index in [9.17, 15) is 19.2 Å². The van der Waals surface area contributed by atoms with Crippen LogP contribution >= 0.6 is 0 Å². The first kappa shape index (κ1) is 21.3. The maximum atomic E-state index is 13.6. The van der Waals surface area contributed by atoms with Crippen molar-refractivity contribution in [2.75, 3.05) is 6.54 Å². The maximum absolute atomic E-state index is 13.6. The minimum absolute atomic E-state index is 0.116. The van der Waals surface area contributed by atoms with Gasteiger partial charge in [-0.3, -0.25) is 24.1 Å². The Morgan fingerprint density at radius 1 is 0.848 bits per heavy atom. The first-order valence-electron chi connectivity index (χ1n) is 11.4. The summed E-state index contributed by atoms with van der Waals surface area (Å²) >= 11 is 0. The lowest BCUT2D eigenvalue weighted by Crippen LogP contribution is -2.55. The Labute approximate surface area is 191 Å². The molecule has 2 heterocycles. The second-order valence-corrected chi connectivity index (χ2v) is 8.60. The lowest BCUT2D eigenvalue weighted by molar-refractivity contribution is -0.0133. The Hall–Kier alpha value is -3.58. The molecule has 0 saturated heterocycles. The second kappa shape index (κ2) is 7.78. The van der Waals surface area contributed by atoms with Gasteiger partial charge in [-0.05, 0) is 44.0 Å². The van der Waals surface area contributed by atoms with Crippen LogP contribution in [0.1, 0.15) is 75.0 Å². The zero-order valence-electron chi connectivity index (χ0n) is 18.9. The number of hydrogen-bond acceptors (Lipinski definition) is 5. The number of amides is 4. The van der Waals surface area contributed by atoms with Crippen LogP contribution in [0, 0.1) is 0 Å². The number of likely N-dealkylation sites (N-methyl/N-ethyl adjacent to an activating group) is 1. The van der Waals surface area contributed by atoms with Crippen LogP contribution in [0.2, 0.25) is 0 Å². The highest BCUT2D eigenvalue weighted by Gasteiger charge is 2.42. The van der Waals surface area contributed by atoms with Crippen molar-refractivity contribution in [3.8, 4) is 0 Å². The number of imide groups is 2. The van der Waals surface area contributed by atoms with Gasteiger partial charge in [0.25, 0.3) is 23.6 Å². The molecule has 0 aromatic heterocycles. The average molecular weight is 444 g/mol. The summed E-state index contributed by atoms with van der Waals surface area (Å²) < 4.78 is 0. The lowest BCUT2D eigenvalue weighted by atomic mass is 9.85. The topological polar surface area (TPSA) is 78.0 Å². The first-order valence-corrected chi connectivity index (χ1v) is 11.4. The van der Waals surface area contributed by atoms with Crippen molar-refractivity contribution in [2.24, 2.45) is 0 Å². The summed E-state index contributed by atoms with van der Waals surface area (Å²) in [5.74, 6) is -1.65. The quantitative estimate of drug-likeness (QED) is 0.654. The molecule has 0 saturated carbocycles. The highest BCUT2D eigenvalue weighted by Crippen LogP contribution is 2.39. The molecule has 0 N–H and O–H groups in total. The van der Waals surface area contributed by atoms with Gasteiger partial charge in [0.15, 0.2) is 0 Å². The van der Waals surface area contributed by atoms with Crippen LogP contribution < -0.4 is 0 Å². The van der Waals surface area contributed by atoms with Crippen molar-refractivity contribution in [1.82, 2.24) is 14.9 Å². The molecular weight excluding hydrogens is 418 g/mol. The Kier molecular flexibility index (Phi) is 5.01. The molecule has 4 amide bonds. The van der Waals surface area contributed by atoms with Gasteiger partial charge in [-0.2, -0.15) is 0 Å². The Balaban J connectivity index is 1.68.